The summed E-state index contributed by atoms with van der Waals surface area (Å²) in [6.45, 7) is 7.20. The van der Waals surface area contributed by atoms with Crippen molar-refractivity contribution < 1.29 is 28.5 Å². The van der Waals surface area contributed by atoms with Crippen LogP contribution in [0.3, 0.4) is 0 Å². The molecule has 2 heterocycles. The summed E-state index contributed by atoms with van der Waals surface area (Å²) in [6.07, 6.45) is -1.80. The number of carbonyl (C=O) groups excluding carboxylic acids is 1. The summed E-state index contributed by atoms with van der Waals surface area (Å²) in [5.41, 5.74) is 2.99. The third-order valence-corrected chi connectivity index (χ3v) is 14.7. The van der Waals surface area contributed by atoms with E-state index in [1.54, 1.807) is 0 Å². The fourth-order valence-electron chi connectivity index (χ4n) is 5.54. The van der Waals surface area contributed by atoms with E-state index >= 15 is 0 Å². The van der Waals surface area contributed by atoms with Crippen molar-refractivity contribution in [3.05, 3.63) is 118 Å². The Morgan fingerprint density at radius 3 is 1.78 bits per heavy atom. The molecule has 0 radical (unpaired) electrons. The first-order valence-electron chi connectivity index (χ1n) is 15.8. The van der Waals surface area contributed by atoms with Crippen molar-refractivity contribution in [2.24, 2.45) is 0 Å². The van der Waals surface area contributed by atoms with Gasteiger partial charge in [0, 0.05) is 0 Å². The van der Waals surface area contributed by atoms with E-state index in [-0.39, 0.29) is 0 Å². The van der Waals surface area contributed by atoms with E-state index in [0.717, 1.165) is 25.1 Å². The average Bonchev–Trinajstić information content (AvgIpc) is 3.62. The van der Waals surface area contributed by atoms with Gasteiger partial charge >= 0.3 is 283 Å². The molecule has 0 N–H and O–H groups in total. The molecule has 0 aliphatic carbocycles. The summed E-state index contributed by atoms with van der Waals surface area (Å²) in [6, 6.07) is 30.3. The Kier molecular flexibility index (Phi) is 11.7. The third-order valence-electron chi connectivity index (χ3n) is 7.59. The van der Waals surface area contributed by atoms with Gasteiger partial charge in [0.15, 0.2) is 0 Å². The van der Waals surface area contributed by atoms with Gasteiger partial charge in [-0.1, -0.05) is 0 Å². The van der Waals surface area contributed by atoms with E-state index in [4.69, 9.17) is 28.1 Å². The Balaban J connectivity index is 1.50. The van der Waals surface area contributed by atoms with Crippen LogP contribution >= 0.6 is 11.5 Å². The summed E-state index contributed by atoms with van der Waals surface area (Å²) >= 11 is -1.69. The zero-order valence-corrected chi connectivity index (χ0v) is 31.3. The van der Waals surface area contributed by atoms with Crippen LogP contribution in [0.5, 0.6) is 0 Å². The Bertz CT molecular complexity index is 1540. The predicted octanol–water partition coefficient (Wildman–Crippen LogP) is 7.47. The molecule has 1 aliphatic heterocycles. The molecule has 3 aromatic carbocycles. The molecule has 7 nitrogen and oxygen atoms in total. The molecule has 0 saturated carbocycles. The van der Waals surface area contributed by atoms with Crippen LogP contribution in [-0.2, 0) is 43.5 Å². The number of hydrogen-bond donors (Lipinski definition) is 0. The van der Waals surface area contributed by atoms with E-state index in [2.05, 4.69) is 39.1 Å². The minimum atomic E-state index is -3.01. The first kappa shape index (κ1) is 34.7. The van der Waals surface area contributed by atoms with Gasteiger partial charge in [-0.05, 0) is 0 Å². The van der Waals surface area contributed by atoms with E-state index in [1.165, 1.54) is 11.5 Å². The van der Waals surface area contributed by atoms with Crippen LogP contribution in [0.1, 0.15) is 58.9 Å². The number of ether oxygens (including phenoxy) is 5. The summed E-state index contributed by atoms with van der Waals surface area (Å²) < 4.78 is 38.1. The van der Waals surface area contributed by atoms with Gasteiger partial charge in [-0.25, -0.2) is 0 Å². The maximum absolute atomic E-state index is 13.5. The predicted molar refractivity (Wildman–Crippen MR) is 184 cm³/mol. The SMILES string of the molecule is CC(C)(C)OC(=O)c1nsc([C@@H]2O[C@H](COCc3ccccc3)[C@@H](OCc3ccccc3)[C@H]2OCc2ccccc2)[c]1[Sn]([CH3])([CH3])[CH3]. The van der Waals surface area contributed by atoms with Gasteiger partial charge in [0.1, 0.15) is 0 Å². The number of esters is 1. The van der Waals surface area contributed by atoms with Gasteiger partial charge in [0.25, 0.3) is 0 Å². The molecule has 1 saturated heterocycles. The van der Waals surface area contributed by atoms with Gasteiger partial charge in [0.2, 0.25) is 0 Å². The second-order valence-corrected chi connectivity index (χ2v) is 28.7. The molecule has 46 heavy (non-hydrogen) atoms. The van der Waals surface area contributed by atoms with Crippen LogP contribution in [0.2, 0.25) is 14.8 Å². The molecule has 4 atom stereocenters. The molecule has 0 unspecified atom stereocenters. The molecule has 1 aliphatic rings. The van der Waals surface area contributed by atoms with Crippen molar-refractivity contribution >= 4 is 39.5 Å². The molecular formula is C37H45NO6SSn. The maximum atomic E-state index is 13.5. The van der Waals surface area contributed by atoms with E-state index in [9.17, 15) is 4.79 Å². The number of nitrogens with zero attached hydrogens (tertiary/aromatic N) is 1. The van der Waals surface area contributed by atoms with Crippen molar-refractivity contribution in [1.29, 1.82) is 0 Å². The van der Waals surface area contributed by atoms with Crippen LogP contribution in [-0.4, -0.2) is 59.2 Å². The van der Waals surface area contributed by atoms with Crippen molar-refractivity contribution in [2.75, 3.05) is 6.61 Å². The van der Waals surface area contributed by atoms with Gasteiger partial charge in [-0.15, -0.1) is 0 Å². The van der Waals surface area contributed by atoms with E-state index in [1.807, 2.05) is 87.5 Å². The first-order valence-corrected chi connectivity index (χ1v) is 26.6. The molecular weight excluding hydrogens is 705 g/mol. The number of carbonyl (C=O) groups is 1. The fourth-order valence-corrected chi connectivity index (χ4v) is 14.1. The van der Waals surface area contributed by atoms with Crippen molar-refractivity contribution in [3.63, 3.8) is 0 Å². The molecule has 244 valence electrons. The van der Waals surface area contributed by atoms with Crippen LogP contribution in [0.25, 0.3) is 0 Å². The van der Waals surface area contributed by atoms with E-state index < -0.39 is 54.4 Å². The van der Waals surface area contributed by atoms with Crippen LogP contribution in [0, 0.1) is 0 Å². The monoisotopic (exact) mass is 751 g/mol. The molecule has 0 bridgehead atoms. The van der Waals surface area contributed by atoms with Crippen LogP contribution in [0.15, 0.2) is 91.0 Å². The summed E-state index contributed by atoms with van der Waals surface area (Å²) in [5.74, 6) is -0.393. The second-order valence-electron chi connectivity index (χ2n) is 13.6. The summed E-state index contributed by atoms with van der Waals surface area (Å²) in [4.78, 5) is 21.2. The Labute approximate surface area is 281 Å². The standard InChI is InChI=1S/C34H36NO6S.3CH3.Sn/c1-34(2,3)41-33(36)27-19-29(42-35-27)31-32(39-22-26-17-11-6-12-18-26)30(38-21-25-15-9-5-10-16-25)28(40-31)23-37-20-24-13-7-4-8-14-24;;;;/h4-18,28,30-32H,20-23H2,1-3H3;3*1H3;/t28-,30-,31+,32-;;;;/m1..../s1. The van der Waals surface area contributed by atoms with Crippen molar-refractivity contribution in [1.82, 2.24) is 4.37 Å². The molecule has 0 amide bonds. The molecule has 5 rings (SSSR count). The normalized spacial score (nSPS) is 20.1. The fraction of sp³-hybridized carbons (Fsp3) is 0.405. The summed E-state index contributed by atoms with van der Waals surface area (Å²) in [7, 11) is 0. The quantitative estimate of drug-likeness (QED) is 0.104. The van der Waals surface area contributed by atoms with Crippen molar-refractivity contribution in [3.8, 4) is 0 Å². The van der Waals surface area contributed by atoms with Crippen LogP contribution < -0.4 is 3.58 Å². The molecule has 0 spiro atoms. The summed E-state index contributed by atoms with van der Waals surface area (Å²) in [5, 5.41) is 0. The topological polar surface area (TPSA) is 76.1 Å². The number of hydrogen-bond acceptors (Lipinski definition) is 8. The zero-order valence-electron chi connectivity index (χ0n) is 27.6. The van der Waals surface area contributed by atoms with Crippen LogP contribution in [0.4, 0.5) is 0 Å². The third kappa shape index (κ3) is 9.26. The molecule has 9 heteroatoms. The zero-order chi connectivity index (χ0) is 32.7. The molecule has 1 aromatic heterocycles. The van der Waals surface area contributed by atoms with Gasteiger partial charge in [-0.3, -0.25) is 0 Å². The van der Waals surface area contributed by atoms with Gasteiger partial charge in [-0.2, -0.15) is 0 Å². The molecule has 1 fully saturated rings. The average molecular weight is 751 g/mol. The number of rotatable bonds is 13. The Morgan fingerprint density at radius 2 is 1.28 bits per heavy atom. The Morgan fingerprint density at radius 1 is 0.783 bits per heavy atom. The van der Waals surface area contributed by atoms with Gasteiger partial charge in [0.05, 0.1) is 0 Å². The van der Waals surface area contributed by atoms with Gasteiger partial charge < -0.3 is 0 Å². The number of aromatic nitrogens is 1. The van der Waals surface area contributed by atoms with E-state index in [0.29, 0.717) is 32.1 Å². The molecule has 4 aromatic rings. The second kappa shape index (κ2) is 15.5. The minimum absolute atomic E-state index is 0.321. The van der Waals surface area contributed by atoms with Crippen molar-refractivity contribution in [2.45, 2.75) is 85.4 Å². The Hall–Kier alpha value is -2.60. The first-order chi connectivity index (χ1) is 22.0. The number of benzene rings is 3.